The first-order chi connectivity index (χ1) is 17.5. The average Bonchev–Trinajstić information content (AvgIpc) is 3.27. The average molecular weight is 492 g/mol. The van der Waals surface area contributed by atoms with E-state index in [1.165, 1.54) is 12.1 Å². The van der Waals surface area contributed by atoms with Gasteiger partial charge in [0.1, 0.15) is 16.3 Å². The third kappa shape index (κ3) is 3.85. The number of aromatic nitrogens is 2. The van der Waals surface area contributed by atoms with Crippen molar-refractivity contribution < 1.29 is 12.6 Å². The number of H-pyrrole nitrogens is 1. The summed E-state index contributed by atoms with van der Waals surface area (Å²) in [5, 5.41) is 1.70. The van der Waals surface area contributed by atoms with E-state index in [0.29, 0.717) is 11.3 Å². The molecule has 0 saturated carbocycles. The lowest BCUT2D eigenvalue weighted by Gasteiger charge is -2.12. The number of nitrogens with zero attached hydrogens (tertiary/aromatic N) is 1. The van der Waals surface area contributed by atoms with Crippen LogP contribution in [0.15, 0.2) is 114 Å². The van der Waals surface area contributed by atoms with Crippen molar-refractivity contribution in [1.82, 2.24) is 9.97 Å². The van der Waals surface area contributed by atoms with Gasteiger partial charge in [0.2, 0.25) is 0 Å². The molecule has 0 spiro atoms. The van der Waals surface area contributed by atoms with E-state index in [1.807, 2.05) is 54.7 Å². The number of benzene rings is 4. The van der Waals surface area contributed by atoms with E-state index in [-0.39, 0.29) is 10.6 Å². The monoisotopic (exact) mass is 491 g/mol. The molecule has 4 aromatic carbocycles. The molecule has 0 fully saturated rings. The fourth-order valence-corrected chi connectivity index (χ4v) is 5.38. The van der Waals surface area contributed by atoms with Gasteiger partial charge in [-0.25, -0.2) is 4.98 Å². The molecule has 6 nitrogen and oxygen atoms in total. The van der Waals surface area contributed by atoms with Crippen molar-refractivity contribution in [3.8, 4) is 28.0 Å². The molecular formula is C29H21N3O3S. The number of nitrogens with two attached hydrogens (primary N) is 1. The minimum Gasteiger partial charge on any atom is -0.399 e. The maximum atomic E-state index is 12.8. The molecule has 0 unspecified atom stereocenters. The molecule has 2 heterocycles. The van der Waals surface area contributed by atoms with Gasteiger partial charge in [-0.2, -0.15) is 8.42 Å². The third-order valence-electron chi connectivity index (χ3n) is 6.11. The molecule has 0 saturated heterocycles. The van der Waals surface area contributed by atoms with E-state index in [0.717, 1.165) is 38.5 Å². The van der Waals surface area contributed by atoms with Crippen LogP contribution in [0, 0.1) is 0 Å². The summed E-state index contributed by atoms with van der Waals surface area (Å²) in [6.45, 7) is 0. The molecular weight excluding hydrogens is 470 g/mol. The van der Waals surface area contributed by atoms with Crippen molar-refractivity contribution >= 4 is 37.7 Å². The minimum atomic E-state index is -3.97. The topological polar surface area (TPSA) is 98.1 Å². The molecule has 176 valence electrons. The Morgan fingerprint density at radius 2 is 1.47 bits per heavy atom. The van der Waals surface area contributed by atoms with Crippen LogP contribution in [0.3, 0.4) is 0 Å². The molecule has 0 bridgehead atoms. The van der Waals surface area contributed by atoms with Crippen molar-refractivity contribution in [2.24, 2.45) is 0 Å². The van der Waals surface area contributed by atoms with Crippen LogP contribution >= 0.6 is 0 Å². The third-order valence-corrected chi connectivity index (χ3v) is 7.38. The lowest BCUT2D eigenvalue weighted by Crippen LogP contribution is -2.09. The van der Waals surface area contributed by atoms with Gasteiger partial charge in [-0.15, -0.1) is 0 Å². The number of hydrogen-bond donors (Lipinski definition) is 2. The van der Waals surface area contributed by atoms with Crippen LogP contribution in [-0.4, -0.2) is 18.4 Å². The summed E-state index contributed by atoms with van der Waals surface area (Å²) in [6.07, 6.45) is 1.85. The van der Waals surface area contributed by atoms with Crippen molar-refractivity contribution in [2.75, 3.05) is 5.73 Å². The van der Waals surface area contributed by atoms with E-state index in [1.54, 1.807) is 30.3 Å². The van der Waals surface area contributed by atoms with Crippen molar-refractivity contribution in [2.45, 2.75) is 4.90 Å². The van der Waals surface area contributed by atoms with Gasteiger partial charge < -0.3 is 14.9 Å². The summed E-state index contributed by atoms with van der Waals surface area (Å²) in [7, 11) is -3.97. The number of anilines is 1. The van der Waals surface area contributed by atoms with Crippen LogP contribution in [0.4, 0.5) is 5.69 Å². The van der Waals surface area contributed by atoms with Gasteiger partial charge in [0.15, 0.2) is 0 Å². The number of fused-ring (bicyclic) bond motifs is 3. The maximum absolute atomic E-state index is 12.8. The molecule has 7 heteroatoms. The molecule has 0 atom stereocenters. The molecule has 0 aliphatic heterocycles. The van der Waals surface area contributed by atoms with Gasteiger partial charge in [0, 0.05) is 39.3 Å². The fourth-order valence-electron chi connectivity index (χ4n) is 4.44. The Kier molecular flexibility index (Phi) is 5.20. The normalized spacial score (nSPS) is 11.7. The number of rotatable bonds is 5. The van der Waals surface area contributed by atoms with Crippen LogP contribution < -0.4 is 9.92 Å². The van der Waals surface area contributed by atoms with E-state index in [4.69, 9.17) is 14.9 Å². The van der Waals surface area contributed by atoms with Crippen LogP contribution in [0.5, 0.6) is 5.75 Å². The highest BCUT2D eigenvalue weighted by Crippen LogP contribution is 2.41. The highest BCUT2D eigenvalue weighted by atomic mass is 32.2. The minimum absolute atomic E-state index is 0.0984. The zero-order valence-electron chi connectivity index (χ0n) is 19.0. The smallest absolute Gasteiger partial charge is 0.339 e. The quantitative estimate of drug-likeness (QED) is 0.215. The number of aromatic amines is 1. The number of pyridine rings is 1. The van der Waals surface area contributed by atoms with Gasteiger partial charge in [0.25, 0.3) is 0 Å². The summed E-state index contributed by atoms with van der Waals surface area (Å²) < 4.78 is 31.2. The lowest BCUT2D eigenvalue weighted by molar-refractivity contribution is 0.486. The molecule has 0 aliphatic carbocycles. The van der Waals surface area contributed by atoms with Gasteiger partial charge in [-0.3, -0.25) is 0 Å². The molecule has 0 aliphatic rings. The predicted molar refractivity (Wildman–Crippen MR) is 143 cm³/mol. The Bertz CT molecular complexity index is 1810. The molecule has 0 radical (unpaired) electrons. The SMILES string of the molecule is Nc1ccc(-c2cnc3[nH]c4ccc(OS(=O)(=O)c5ccccc5)cc4c3c2-c2ccccc2)cc1. The molecule has 3 N–H and O–H groups in total. The van der Waals surface area contributed by atoms with Crippen LogP contribution in [0.1, 0.15) is 0 Å². The fraction of sp³-hybridized carbons (Fsp3) is 0. The van der Waals surface area contributed by atoms with E-state index < -0.39 is 10.1 Å². The van der Waals surface area contributed by atoms with E-state index in [9.17, 15) is 8.42 Å². The molecule has 6 aromatic rings. The summed E-state index contributed by atoms with van der Waals surface area (Å²) in [4.78, 5) is 8.17. The Labute approximate surface area is 208 Å². The summed E-state index contributed by atoms with van der Waals surface area (Å²) in [5.41, 5.74) is 12.1. The first-order valence-electron chi connectivity index (χ1n) is 11.3. The number of hydrogen-bond acceptors (Lipinski definition) is 5. The van der Waals surface area contributed by atoms with Gasteiger partial charge in [-0.05, 0) is 53.6 Å². The van der Waals surface area contributed by atoms with Crippen molar-refractivity contribution in [1.29, 1.82) is 0 Å². The first kappa shape index (κ1) is 21.9. The first-order valence-corrected chi connectivity index (χ1v) is 12.8. The second-order valence-electron chi connectivity index (χ2n) is 8.44. The van der Waals surface area contributed by atoms with Crippen LogP contribution in [0.25, 0.3) is 44.2 Å². The second kappa shape index (κ2) is 8.55. The predicted octanol–water partition coefficient (Wildman–Crippen LogP) is 6.40. The summed E-state index contributed by atoms with van der Waals surface area (Å²) in [6, 6.07) is 31.0. The van der Waals surface area contributed by atoms with Crippen LogP contribution in [-0.2, 0) is 10.1 Å². The van der Waals surface area contributed by atoms with Crippen LogP contribution in [0.2, 0.25) is 0 Å². The van der Waals surface area contributed by atoms with E-state index in [2.05, 4.69) is 17.1 Å². The number of nitrogen functional groups attached to an aromatic ring is 1. The summed E-state index contributed by atoms with van der Waals surface area (Å²) >= 11 is 0. The molecule has 2 aromatic heterocycles. The largest absolute Gasteiger partial charge is 0.399 e. The Morgan fingerprint density at radius 3 is 2.19 bits per heavy atom. The summed E-state index contributed by atoms with van der Waals surface area (Å²) in [5.74, 6) is 0.226. The van der Waals surface area contributed by atoms with E-state index >= 15 is 0 Å². The molecule has 0 amide bonds. The Hall–Kier alpha value is -4.62. The van der Waals surface area contributed by atoms with Gasteiger partial charge >= 0.3 is 10.1 Å². The Morgan fingerprint density at radius 1 is 0.778 bits per heavy atom. The zero-order valence-corrected chi connectivity index (χ0v) is 19.9. The van der Waals surface area contributed by atoms with Crippen molar-refractivity contribution in [3.05, 3.63) is 109 Å². The highest BCUT2D eigenvalue weighted by Gasteiger charge is 2.20. The Balaban J connectivity index is 1.58. The molecule has 36 heavy (non-hydrogen) atoms. The standard InChI is InChI=1S/C29H21N3O3S/c30-21-13-11-19(12-14-21)25-18-31-29-28(27(25)20-7-3-1-4-8-20)24-17-22(15-16-26(24)32-29)35-36(33,34)23-9-5-2-6-10-23/h1-18H,30H2,(H,31,32). The highest BCUT2D eigenvalue weighted by molar-refractivity contribution is 7.87. The van der Waals surface area contributed by atoms with Gasteiger partial charge in [-0.1, -0.05) is 60.7 Å². The second-order valence-corrected chi connectivity index (χ2v) is 9.99. The maximum Gasteiger partial charge on any atom is 0.339 e. The molecule has 6 rings (SSSR count). The zero-order chi connectivity index (χ0) is 24.7. The number of nitrogens with one attached hydrogen (secondary N) is 1. The van der Waals surface area contributed by atoms with Crippen molar-refractivity contribution in [3.63, 3.8) is 0 Å². The van der Waals surface area contributed by atoms with Gasteiger partial charge in [0.05, 0.1) is 0 Å². The lowest BCUT2D eigenvalue weighted by atomic mass is 9.92.